The van der Waals surface area contributed by atoms with Crippen molar-refractivity contribution in [1.29, 1.82) is 5.26 Å². The van der Waals surface area contributed by atoms with Gasteiger partial charge in [-0.25, -0.2) is 0 Å². The van der Waals surface area contributed by atoms with Crippen LogP contribution < -0.4 is 0 Å². The van der Waals surface area contributed by atoms with Crippen molar-refractivity contribution in [3.63, 3.8) is 0 Å². The molecule has 0 aliphatic heterocycles. The van der Waals surface area contributed by atoms with Crippen molar-refractivity contribution in [2.75, 3.05) is 0 Å². The lowest BCUT2D eigenvalue weighted by molar-refractivity contribution is -0.130. The van der Waals surface area contributed by atoms with Crippen LogP contribution in [0.4, 0.5) is 0 Å². The molecule has 1 saturated carbocycles. The quantitative estimate of drug-likeness (QED) is 0.691. The molecular weight excluding hydrogens is 174 g/mol. The Morgan fingerprint density at radius 2 is 2.29 bits per heavy atom. The summed E-state index contributed by atoms with van der Waals surface area (Å²) in [6.07, 6.45) is 5.44. The summed E-state index contributed by atoms with van der Waals surface area (Å²) in [6.45, 7) is 4.16. The third-order valence-corrected chi connectivity index (χ3v) is 3.48. The van der Waals surface area contributed by atoms with E-state index in [-0.39, 0.29) is 11.7 Å². The van der Waals surface area contributed by atoms with Gasteiger partial charge in [0.25, 0.3) is 0 Å². The normalized spacial score (nSPS) is 29.6. The fourth-order valence-corrected chi connectivity index (χ4v) is 2.48. The molecule has 1 aliphatic rings. The van der Waals surface area contributed by atoms with Crippen LogP contribution in [0.5, 0.6) is 0 Å². The van der Waals surface area contributed by atoms with Crippen molar-refractivity contribution in [3.8, 4) is 6.07 Å². The Kier molecular flexibility index (Phi) is 3.69. The van der Waals surface area contributed by atoms with E-state index >= 15 is 0 Å². The van der Waals surface area contributed by atoms with Gasteiger partial charge in [0, 0.05) is 6.42 Å². The van der Waals surface area contributed by atoms with Crippen molar-refractivity contribution in [2.24, 2.45) is 11.3 Å². The van der Waals surface area contributed by atoms with Crippen LogP contribution in [0.15, 0.2) is 0 Å². The molecule has 1 aliphatic carbocycles. The Balaban J connectivity index is 2.83. The number of nitriles is 1. The number of hydrogen-bond acceptors (Lipinski definition) is 2. The summed E-state index contributed by atoms with van der Waals surface area (Å²) in [5.74, 6) is 0.414. The average molecular weight is 193 g/mol. The van der Waals surface area contributed by atoms with Gasteiger partial charge in [-0.05, 0) is 25.2 Å². The summed E-state index contributed by atoms with van der Waals surface area (Å²) in [6, 6.07) is 2.30. The second-order valence-electron chi connectivity index (χ2n) is 4.40. The maximum atomic E-state index is 11.8. The molecule has 2 atom stereocenters. The zero-order valence-electron chi connectivity index (χ0n) is 9.18. The van der Waals surface area contributed by atoms with E-state index < -0.39 is 5.41 Å². The van der Waals surface area contributed by atoms with Gasteiger partial charge in [0.1, 0.15) is 5.41 Å². The fourth-order valence-electron chi connectivity index (χ4n) is 2.48. The minimum Gasteiger partial charge on any atom is -0.298 e. The maximum absolute atomic E-state index is 11.8. The molecule has 0 aromatic rings. The Morgan fingerprint density at radius 1 is 1.57 bits per heavy atom. The Labute approximate surface area is 86.3 Å². The van der Waals surface area contributed by atoms with Crippen LogP contribution in [0, 0.1) is 22.7 Å². The Bertz CT molecular complexity index is 254. The average Bonchev–Trinajstić information content (AvgIpc) is 2.19. The molecule has 1 fully saturated rings. The van der Waals surface area contributed by atoms with Gasteiger partial charge in [0.2, 0.25) is 0 Å². The van der Waals surface area contributed by atoms with Crippen LogP contribution in [-0.2, 0) is 4.79 Å². The molecule has 0 spiro atoms. The van der Waals surface area contributed by atoms with Crippen molar-refractivity contribution in [1.82, 2.24) is 0 Å². The molecule has 0 radical (unpaired) electrons. The summed E-state index contributed by atoms with van der Waals surface area (Å²) < 4.78 is 0. The lowest BCUT2D eigenvalue weighted by Crippen LogP contribution is -2.38. The van der Waals surface area contributed by atoms with Crippen molar-refractivity contribution < 1.29 is 4.79 Å². The summed E-state index contributed by atoms with van der Waals surface area (Å²) >= 11 is 0. The monoisotopic (exact) mass is 193 g/mol. The highest BCUT2D eigenvalue weighted by atomic mass is 16.1. The van der Waals surface area contributed by atoms with Gasteiger partial charge in [0.15, 0.2) is 5.78 Å². The van der Waals surface area contributed by atoms with Crippen molar-refractivity contribution >= 4 is 5.78 Å². The zero-order chi connectivity index (χ0) is 10.6. The molecule has 0 aromatic heterocycles. The first kappa shape index (κ1) is 11.2. The third-order valence-electron chi connectivity index (χ3n) is 3.48. The molecule has 0 saturated heterocycles. The minimum atomic E-state index is -0.645. The summed E-state index contributed by atoms with van der Waals surface area (Å²) in [5, 5.41) is 9.24. The predicted molar refractivity (Wildman–Crippen MR) is 55.6 cm³/mol. The number of nitrogens with zero attached hydrogens (tertiary/aromatic N) is 1. The first-order chi connectivity index (χ1) is 6.67. The number of carbonyl (C=O) groups is 1. The number of carbonyl (C=O) groups excluding carboxylic acids is 1. The highest BCUT2D eigenvalue weighted by Gasteiger charge is 2.44. The molecule has 0 bridgehead atoms. The summed E-state index contributed by atoms with van der Waals surface area (Å²) in [7, 11) is 0. The summed E-state index contributed by atoms with van der Waals surface area (Å²) in [4.78, 5) is 11.8. The van der Waals surface area contributed by atoms with Crippen LogP contribution in [0.2, 0.25) is 0 Å². The topological polar surface area (TPSA) is 40.9 Å². The van der Waals surface area contributed by atoms with Crippen LogP contribution in [0.25, 0.3) is 0 Å². The zero-order valence-corrected chi connectivity index (χ0v) is 9.18. The Morgan fingerprint density at radius 3 is 2.79 bits per heavy atom. The lowest BCUT2D eigenvalue weighted by atomic mass is 9.65. The van der Waals surface area contributed by atoms with Gasteiger partial charge in [0.05, 0.1) is 6.07 Å². The molecule has 2 nitrogen and oxygen atoms in total. The van der Waals surface area contributed by atoms with Gasteiger partial charge < -0.3 is 0 Å². The van der Waals surface area contributed by atoms with E-state index in [1.54, 1.807) is 0 Å². The van der Waals surface area contributed by atoms with Gasteiger partial charge in [-0.3, -0.25) is 4.79 Å². The van der Waals surface area contributed by atoms with Crippen LogP contribution in [0.3, 0.4) is 0 Å². The molecule has 2 heteroatoms. The van der Waals surface area contributed by atoms with E-state index in [4.69, 9.17) is 0 Å². The second-order valence-corrected chi connectivity index (χ2v) is 4.40. The maximum Gasteiger partial charge on any atom is 0.153 e. The van der Waals surface area contributed by atoms with Crippen LogP contribution >= 0.6 is 0 Å². The number of hydrogen-bond donors (Lipinski definition) is 0. The van der Waals surface area contributed by atoms with Gasteiger partial charge in [-0.2, -0.15) is 5.26 Å². The standard InChI is InChI=1S/C12H19NO/c1-3-6-10(2)12(9-13)8-5-4-7-11(12)14/h10H,3-8H2,1-2H3. The smallest absolute Gasteiger partial charge is 0.153 e. The van der Waals surface area contributed by atoms with Crippen LogP contribution in [-0.4, -0.2) is 5.78 Å². The van der Waals surface area contributed by atoms with E-state index in [1.807, 2.05) is 0 Å². The molecule has 0 aromatic carbocycles. The van der Waals surface area contributed by atoms with Gasteiger partial charge in [-0.1, -0.05) is 26.7 Å². The van der Waals surface area contributed by atoms with E-state index in [2.05, 4.69) is 19.9 Å². The van der Waals surface area contributed by atoms with Gasteiger partial charge >= 0.3 is 0 Å². The Hall–Kier alpha value is -0.840. The predicted octanol–water partition coefficient (Wildman–Crippen LogP) is 3.08. The molecular formula is C12H19NO. The minimum absolute atomic E-state index is 0.187. The summed E-state index contributed by atoms with van der Waals surface area (Å²) in [5.41, 5.74) is -0.645. The molecule has 0 N–H and O–H groups in total. The first-order valence-corrected chi connectivity index (χ1v) is 5.62. The number of Topliss-reactive ketones (excluding diaryl/α,β-unsaturated/α-hetero) is 1. The van der Waals surface area contributed by atoms with E-state index in [0.717, 1.165) is 32.1 Å². The number of ketones is 1. The third kappa shape index (κ3) is 1.82. The molecule has 14 heavy (non-hydrogen) atoms. The number of rotatable bonds is 3. The van der Waals surface area contributed by atoms with E-state index in [0.29, 0.717) is 6.42 Å². The molecule has 78 valence electrons. The van der Waals surface area contributed by atoms with E-state index in [9.17, 15) is 10.1 Å². The van der Waals surface area contributed by atoms with Crippen molar-refractivity contribution in [3.05, 3.63) is 0 Å². The fraction of sp³-hybridized carbons (Fsp3) is 0.833. The van der Waals surface area contributed by atoms with Crippen LogP contribution in [0.1, 0.15) is 52.4 Å². The highest BCUT2D eigenvalue weighted by Crippen LogP contribution is 2.41. The second kappa shape index (κ2) is 4.59. The lowest BCUT2D eigenvalue weighted by Gasteiger charge is -2.34. The molecule has 0 amide bonds. The van der Waals surface area contributed by atoms with Crippen molar-refractivity contribution in [2.45, 2.75) is 52.4 Å². The first-order valence-electron chi connectivity index (χ1n) is 5.62. The molecule has 1 rings (SSSR count). The SMILES string of the molecule is CCCC(C)C1(C#N)CCCCC1=O. The largest absolute Gasteiger partial charge is 0.298 e. The van der Waals surface area contributed by atoms with Gasteiger partial charge in [-0.15, -0.1) is 0 Å². The highest BCUT2D eigenvalue weighted by molar-refractivity contribution is 5.88. The molecule has 0 heterocycles. The van der Waals surface area contributed by atoms with E-state index in [1.165, 1.54) is 0 Å². The molecule has 2 unspecified atom stereocenters.